The first-order valence-electron chi connectivity index (χ1n) is 3.71. The quantitative estimate of drug-likeness (QED) is 0.459. The van der Waals surface area contributed by atoms with E-state index in [9.17, 15) is 4.79 Å². The van der Waals surface area contributed by atoms with Gasteiger partial charge in [0.15, 0.2) is 0 Å². The molecule has 1 N–H and O–H groups in total. The summed E-state index contributed by atoms with van der Waals surface area (Å²) in [5, 5.41) is 4.02. The smallest absolute Gasteiger partial charge is 0.427 e. The van der Waals surface area contributed by atoms with Crippen LogP contribution in [0.5, 0.6) is 0 Å². The predicted octanol–water partition coefficient (Wildman–Crippen LogP) is 1.42. The van der Waals surface area contributed by atoms with Gasteiger partial charge >= 0.3 is 6.09 Å². The van der Waals surface area contributed by atoms with E-state index >= 15 is 0 Å². The lowest BCUT2D eigenvalue weighted by Gasteiger charge is -1.95. The summed E-state index contributed by atoms with van der Waals surface area (Å²) in [5.74, 6) is 0. The Morgan fingerprint density at radius 2 is 2.50 bits per heavy atom. The van der Waals surface area contributed by atoms with Crippen molar-refractivity contribution in [1.29, 1.82) is 0 Å². The van der Waals surface area contributed by atoms with Gasteiger partial charge in [-0.15, -0.1) is 0 Å². The van der Waals surface area contributed by atoms with Crippen LogP contribution >= 0.6 is 11.6 Å². The molecule has 1 aromatic rings. The van der Waals surface area contributed by atoms with E-state index in [1.807, 2.05) is 0 Å². The number of ether oxygens (including phenoxy) is 1. The molecule has 1 rings (SSSR count). The maximum Gasteiger partial charge on any atom is 0.427 e. The predicted molar refractivity (Wildman–Crippen MR) is 52.4 cm³/mol. The van der Waals surface area contributed by atoms with E-state index in [1.54, 1.807) is 12.1 Å². The molecule has 5 nitrogen and oxygen atoms in total. The van der Waals surface area contributed by atoms with Crippen LogP contribution in [-0.4, -0.2) is 24.4 Å². The summed E-state index contributed by atoms with van der Waals surface area (Å²) in [6, 6.07) is 3.35. The van der Waals surface area contributed by atoms with E-state index in [1.165, 1.54) is 19.5 Å². The molecule has 74 valence electrons. The molecule has 0 saturated heterocycles. The highest BCUT2D eigenvalue weighted by molar-refractivity contribution is 6.29. The molecule has 1 amide bonds. The summed E-state index contributed by atoms with van der Waals surface area (Å²) in [5.41, 5.74) is 2.87. The van der Waals surface area contributed by atoms with Gasteiger partial charge in [-0.3, -0.25) is 0 Å². The molecule has 1 aromatic heterocycles. The molecule has 0 saturated carbocycles. The molecule has 0 radical (unpaired) electrons. The number of pyridine rings is 1. The van der Waals surface area contributed by atoms with E-state index in [4.69, 9.17) is 11.6 Å². The number of methoxy groups -OCH3 is 1. The van der Waals surface area contributed by atoms with Gasteiger partial charge in [0.1, 0.15) is 5.15 Å². The molecule has 0 aromatic carbocycles. The first-order valence-corrected chi connectivity index (χ1v) is 4.09. The van der Waals surface area contributed by atoms with Crippen LogP contribution in [0.15, 0.2) is 23.4 Å². The second-order valence-corrected chi connectivity index (χ2v) is 2.66. The third-order valence-electron chi connectivity index (χ3n) is 1.31. The number of hydrogen-bond donors (Lipinski definition) is 1. The summed E-state index contributed by atoms with van der Waals surface area (Å²) >= 11 is 5.57. The molecule has 6 heteroatoms. The molecular formula is C8H8ClN3O2. The number of nitrogens with one attached hydrogen (secondary N) is 1. The highest BCUT2D eigenvalue weighted by Crippen LogP contribution is 2.02. The minimum absolute atomic E-state index is 0.406. The average Bonchev–Trinajstić information content (AvgIpc) is 2.21. The number of carbonyl (C=O) groups is 1. The molecule has 0 aliphatic rings. The van der Waals surface area contributed by atoms with Gasteiger partial charge in [0, 0.05) is 11.8 Å². The molecule has 0 spiro atoms. The van der Waals surface area contributed by atoms with Crippen LogP contribution < -0.4 is 5.43 Å². The lowest BCUT2D eigenvalue weighted by molar-refractivity contribution is 0.171. The van der Waals surface area contributed by atoms with Crippen molar-refractivity contribution in [2.24, 2.45) is 5.10 Å². The number of rotatable bonds is 2. The van der Waals surface area contributed by atoms with Crippen molar-refractivity contribution < 1.29 is 9.53 Å². The van der Waals surface area contributed by atoms with Crippen LogP contribution in [0.3, 0.4) is 0 Å². The zero-order chi connectivity index (χ0) is 10.4. The van der Waals surface area contributed by atoms with Crippen molar-refractivity contribution in [2.45, 2.75) is 0 Å². The molecular weight excluding hydrogens is 206 g/mol. The largest absolute Gasteiger partial charge is 0.452 e. The first kappa shape index (κ1) is 10.5. The van der Waals surface area contributed by atoms with Crippen LogP contribution in [0, 0.1) is 0 Å². The van der Waals surface area contributed by atoms with Gasteiger partial charge in [0.25, 0.3) is 0 Å². The molecule has 14 heavy (non-hydrogen) atoms. The maximum atomic E-state index is 10.6. The fraction of sp³-hybridized carbons (Fsp3) is 0.125. The number of carbonyl (C=O) groups excluding carboxylic acids is 1. The van der Waals surface area contributed by atoms with Gasteiger partial charge in [0.05, 0.1) is 13.3 Å². The Bertz CT molecular complexity index is 337. The Labute approximate surface area is 85.7 Å². The van der Waals surface area contributed by atoms with Gasteiger partial charge in [-0.25, -0.2) is 15.2 Å². The standard InChI is InChI=1S/C8H8ClN3O2/c1-14-8(13)12-11-5-6-2-3-7(9)10-4-6/h2-5H,1H3,(H,12,13)/b11-5+. The summed E-state index contributed by atoms with van der Waals surface area (Å²) < 4.78 is 4.31. The van der Waals surface area contributed by atoms with E-state index in [0.717, 1.165) is 5.56 Å². The number of halogens is 1. The molecule has 0 bridgehead atoms. The molecule has 0 aliphatic carbocycles. The normalized spacial score (nSPS) is 10.1. The van der Waals surface area contributed by atoms with Crippen LogP contribution in [0.4, 0.5) is 4.79 Å². The number of hydrazone groups is 1. The topological polar surface area (TPSA) is 63.6 Å². The number of aromatic nitrogens is 1. The van der Waals surface area contributed by atoms with Crippen molar-refractivity contribution in [1.82, 2.24) is 10.4 Å². The minimum Gasteiger partial charge on any atom is -0.452 e. The first-order chi connectivity index (χ1) is 6.72. The van der Waals surface area contributed by atoms with Crippen LogP contribution in [0.1, 0.15) is 5.56 Å². The van der Waals surface area contributed by atoms with E-state index in [2.05, 4.69) is 20.2 Å². The SMILES string of the molecule is COC(=O)N/N=C/c1ccc(Cl)nc1. The fourth-order valence-electron chi connectivity index (χ4n) is 0.669. The van der Waals surface area contributed by atoms with Gasteiger partial charge in [-0.2, -0.15) is 5.10 Å². The lowest BCUT2D eigenvalue weighted by atomic mass is 10.3. The number of nitrogens with zero attached hydrogens (tertiary/aromatic N) is 2. The zero-order valence-electron chi connectivity index (χ0n) is 7.40. The average molecular weight is 214 g/mol. The van der Waals surface area contributed by atoms with Gasteiger partial charge in [-0.1, -0.05) is 11.6 Å². The van der Waals surface area contributed by atoms with Crippen molar-refractivity contribution in [3.63, 3.8) is 0 Å². The van der Waals surface area contributed by atoms with E-state index in [-0.39, 0.29) is 0 Å². The Kier molecular flexibility index (Phi) is 3.87. The van der Waals surface area contributed by atoms with Crippen molar-refractivity contribution in [2.75, 3.05) is 7.11 Å². The lowest BCUT2D eigenvalue weighted by Crippen LogP contribution is -2.16. The zero-order valence-corrected chi connectivity index (χ0v) is 8.15. The minimum atomic E-state index is -0.622. The van der Waals surface area contributed by atoms with Crippen molar-refractivity contribution in [3.8, 4) is 0 Å². The van der Waals surface area contributed by atoms with Gasteiger partial charge in [-0.05, 0) is 12.1 Å². The van der Waals surface area contributed by atoms with E-state index < -0.39 is 6.09 Å². The Morgan fingerprint density at radius 1 is 1.71 bits per heavy atom. The van der Waals surface area contributed by atoms with Crippen molar-refractivity contribution >= 4 is 23.9 Å². The maximum absolute atomic E-state index is 10.6. The highest BCUT2D eigenvalue weighted by Gasteiger charge is 1.93. The molecule has 1 heterocycles. The van der Waals surface area contributed by atoms with Gasteiger partial charge < -0.3 is 4.74 Å². The fourth-order valence-corrected chi connectivity index (χ4v) is 0.781. The van der Waals surface area contributed by atoms with Crippen LogP contribution in [0.2, 0.25) is 5.15 Å². The Morgan fingerprint density at radius 3 is 3.07 bits per heavy atom. The summed E-state index contributed by atoms with van der Waals surface area (Å²) in [7, 11) is 1.26. The number of amides is 1. The van der Waals surface area contributed by atoms with Gasteiger partial charge in [0.2, 0.25) is 0 Å². The highest BCUT2D eigenvalue weighted by atomic mass is 35.5. The third kappa shape index (κ3) is 3.40. The molecule has 0 aliphatic heterocycles. The van der Waals surface area contributed by atoms with Crippen LogP contribution in [0.25, 0.3) is 0 Å². The second kappa shape index (κ2) is 5.18. The van der Waals surface area contributed by atoms with Crippen molar-refractivity contribution in [3.05, 3.63) is 29.0 Å². The summed E-state index contributed by atoms with van der Waals surface area (Å²) in [6.45, 7) is 0. The summed E-state index contributed by atoms with van der Waals surface area (Å²) in [6.07, 6.45) is 2.34. The number of hydrogen-bond acceptors (Lipinski definition) is 4. The second-order valence-electron chi connectivity index (χ2n) is 2.28. The molecule has 0 atom stereocenters. The third-order valence-corrected chi connectivity index (χ3v) is 1.53. The van der Waals surface area contributed by atoms with E-state index in [0.29, 0.717) is 5.15 Å². The Balaban J connectivity index is 2.52. The Hall–Kier alpha value is -1.62. The molecule has 0 unspecified atom stereocenters. The summed E-state index contributed by atoms with van der Waals surface area (Å²) in [4.78, 5) is 14.4. The van der Waals surface area contributed by atoms with Crippen LogP contribution in [-0.2, 0) is 4.74 Å². The monoisotopic (exact) mass is 213 g/mol. The molecule has 0 fully saturated rings.